The van der Waals surface area contributed by atoms with Gasteiger partial charge >= 0.3 is 0 Å². The molecule has 0 bridgehead atoms. The molecule has 8 aromatic carbocycles. The third-order valence-corrected chi connectivity index (χ3v) is 12.9. The summed E-state index contributed by atoms with van der Waals surface area (Å²) in [6.45, 7) is 0. The van der Waals surface area contributed by atoms with Gasteiger partial charge in [-0.3, -0.25) is 0 Å². The van der Waals surface area contributed by atoms with E-state index in [0.29, 0.717) is 17.5 Å². The highest BCUT2D eigenvalue weighted by atomic mass is 32.1. The van der Waals surface area contributed by atoms with E-state index in [1.807, 2.05) is 47.7 Å². The maximum absolute atomic E-state index is 5.40. The monoisotopic (exact) mass is 809 g/mol. The van der Waals surface area contributed by atoms with Crippen LogP contribution < -0.4 is 0 Å². The summed E-state index contributed by atoms with van der Waals surface area (Å²) >= 11 is 1.84. The summed E-state index contributed by atoms with van der Waals surface area (Å²) in [6, 6.07) is 74.4. The average Bonchev–Trinajstić information content (AvgIpc) is 3.95. The molecule has 0 aliphatic carbocycles. The van der Waals surface area contributed by atoms with Gasteiger partial charge in [0.05, 0.1) is 11.2 Å². The third-order valence-electron chi connectivity index (χ3n) is 11.7. The van der Waals surface area contributed by atoms with E-state index in [4.69, 9.17) is 20.1 Å². The fraction of sp³-hybridized carbons (Fsp3) is 0. The lowest BCUT2D eigenvalue weighted by Gasteiger charge is -2.12. The zero-order valence-electron chi connectivity index (χ0n) is 33.4. The van der Waals surface area contributed by atoms with E-state index in [1.54, 1.807) is 0 Å². The standard InChI is InChI=1S/C56H35N5S/c1-4-16-37(17-5-1)50-51(38-18-6-2-7-19-38)60-61-48(35-42-22-10-11-25-44(42)52(50)61)36-30-32-40(33-31-36)55-57-54(39-20-8-3-9-21-39)58-56(59-55)43-24-14-23-41(34-43)45-27-15-28-47-46-26-12-13-29-49(46)62-53(45)47/h1-35H. The van der Waals surface area contributed by atoms with Gasteiger partial charge in [0.2, 0.25) is 0 Å². The summed E-state index contributed by atoms with van der Waals surface area (Å²) < 4.78 is 4.69. The van der Waals surface area contributed by atoms with E-state index in [1.165, 1.54) is 25.7 Å². The van der Waals surface area contributed by atoms with Crippen LogP contribution in [0.4, 0.5) is 0 Å². The zero-order chi connectivity index (χ0) is 41.0. The lowest BCUT2D eigenvalue weighted by Crippen LogP contribution is -2.00. The Bertz CT molecular complexity index is 3610. The molecule has 4 heterocycles. The van der Waals surface area contributed by atoms with Crippen LogP contribution in [0.1, 0.15) is 0 Å². The molecular formula is C56H35N5S. The highest BCUT2D eigenvalue weighted by Gasteiger charge is 2.22. The molecule has 0 spiro atoms. The van der Waals surface area contributed by atoms with Crippen molar-refractivity contribution < 1.29 is 0 Å². The maximum atomic E-state index is 5.40. The van der Waals surface area contributed by atoms with Crippen molar-refractivity contribution in [1.29, 1.82) is 0 Å². The van der Waals surface area contributed by atoms with Crippen LogP contribution in [-0.2, 0) is 0 Å². The average molecular weight is 810 g/mol. The summed E-state index contributed by atoms with van der Waals surface area (Å²) in [4.78, 5) is 15.3. The second-order valence-electron chi connectivity index (χ2n) is 15.4. The Balaban J connectivity index is 0.992. The second kappa shape index (κ2) is 14.9. The van der Waals surface area contributed by atoms with Crippen molar-refractivity contribution in [2.75, 3.05) is 0 Å². The molecule has 0 amide bonds. The Kier molecular flexibility index (Phi) is 8.61. The molecule has 5 nitrogen and oxygen atoms in total. The molecule has 0 N–H and O–H groups in total. The number of nitrogens with zero attached hydrogens (tertiary/aromatic N) is 5. The van der Waals surface area contributed by atoms with E-state index in [-0.39, 0.29) is 0 Å². The van der Waals surface area contributed by atoms with Crippen LogP contribution >= 0.6 is 11.3 Å². The van der Waals surface area contributed by atoms with E-state index < -0.39 is 0 Å². The van der Waals surface area contributed by atoms with Crippen molar-refractivity contribution in [3.8, 4) is 78.9 Å². The molecule has 0 unspecified atom stereocenters. The minimum Gasteiger partial charge on any atom is -0.231 e. The van der Waals surface area contributed by atoms with Gasteiger partial charge in [-0.05, 0) is 40.3 Å². The van der Waals surface area contributed by atoms with Crippen molar-refractivity contribution in [2.45, 2.75) is 0 Å². The SMILES string of the molecule is c1ccc(-c2nc(-c3ccc(-c4cc5ccccc5c5c(-c6ccccc6)c(-c6ccccc6)nn45)cc3)nc(-c3cccc(-c4cccc5c4sc4ccccc45)c3)n2)cc1. The molecule has 0 radical (unpaired) electrons. The number of aromatic nitrogens is 5. The van der Waals surface area contributed by atoms with Crippen molar-refractivity contribution in [3.63, 3.8) is 0 Å². The Morgan fingerprint density at radius 1 is 0.371 bits per heavy atom. The largest absolute Gasteiger partial charge is 0.231 e. The van der Waals surface area contributed by atoms with Gasteiger partial charge < -0.3 is 0 Å². The molecule has 0 saturated carbocycles. The number of hydrogen-bond donors (Lipinski definition) is 0. The van der Waals surface area contributed by atoms with Crippen LogP contribution in [0.25, 0.3) is 115 Å². The van der Waals surface area contributed by atoms with Crippen LogP contribution in [0.3, 0.4) is 0 Å². The van der Waals surface area contributed by atoms with E-state index in [9.17, 15) is 0 Å². The fourth-order valence-electron chi connectivity index (χ4n) is 8.71. The number of thiophene rings is 1. The Labute approximate surface area is 361 Å². The van der Waals surface area contributed by atoms with Crippen molar-refractivity contribution in [2.24, 2.45) is 0 Å². The zero-order valence-corrected chi connectivity index (χ0v) is 34.2. The van der Waals surface area contributed by atoms with Gasteiger partial charge in [0.15, 0.2) is 17.5 Å². The number of rotatable bonds is 7. The number of hydrogen-bond acceptors (Lipinski definition) is 5. The first-order valence-corrected chi connectivity index (χ1v) is 21.5. The second-order valence-corrected chi connectivity index (χ2v) is 16.5. The third kappa shape index (κ3) is 6.16. The molecule has 12 rings (SSSR count). The first kappa shape index (κ1) is 35.8. The van der Waals surface area contributed by atoms with Crippen molar-refractivity contribution in [1.82, 2.24) is 24.6 Å². The minimum absolute atomic E-state index is 0.609. The van der Waals surface area contributed by atoms with Crippen LogP contribution in [0, 0.1) is 0 Å². The molecule has 12 aromatic rings. The summed E-state index contributed by atoms with van der Waals surface area (Å²) in [6.07, 6.45) is 0. The Hall–Kier alpha value is -8.06. The topological polar surface area (TPSA) is 56.0 Å². The van der Waals surface area contributed by atoms with Gasteiger partial charge in [0, 0.05) is 58.9 Å². The molecule has 0 saturated heterocycles. The molecule has 0 fully saturated rings. The van der Waals surface area contributed by atoms with E-state index in [0.717, 1.165) is 72.2 Å². The highest BCUT2D eigenvalue weighted by Crippen LogP contribution is 2.42. The molecule has 290 valence electrons. The van der Waals surface area contributed by atoms with Crippen LogP contribution in [0.5, 0.6) is 0 Å². The molecule has 0 aliphatic heterocycles. The minimum atomic E-state index is 0.609. The number of benzene rings is 8. The molecule has 0 atom stereocenters. The lowest BCUT2D eigenvalue weighted by molar-refractivity contribution is 0.979. The fourth-order valence-corrected chi connectivity index (χ4v) is 9.95. The molecular weight excluding hydrogens is 775 g/mol. The summed E-state index contributed by atoms with van der Waals surface area (Å²) in [5, 5.41) is 10.3. The summed E-state index contributed by atoms with van der Waals surface area (Å²) in [7, 11) is 0. The summed E-state index contributed by atoms with van der Waals surface area (Å²) in [5.41, 5.74) is 12.4. The van der Waals surface area contributed by atoms with Crippen LogP contribution in [0.2, 0.25) is 0 Å². The number of fused-ring (bicyclic) bond motifs is 6. The molecule has 0 aliphatic rings. The Morgan fingerprint density at radius 2 is 0.903 bits per heavy atom. The van der Waals surface area contributed by atoms with Gasteiger partial charge in [-0.15, -0.1) is 11.3 Å². The lowest BCUT2D eigenvalue weighted by atomic mass is 9.97. The van der Waals surface area contributed by atoms with Gasteiger partial charge in [0.25, 0.3) is 0 Å². The molecule has 4 aromatic heterocycles. The highest BCUT2D eigenvalue weighted by molar-refractivity contribution is 7.26. The molecule has 62 heavy (non-hydrogen) atoms. The number of pyridine rings is 1. The quantitative estimate of drug-likeness (QED) is 0.161. The summed E-state index contributed by atoms with van der Waals surface area (Å²) in [5.74, 6) is 1.86. The first-order chi connectivity index (χ1) is 30.7. The normalized spacial score (nSPS) is 11.5. The smallest absolute Gasteiger partial charge is 0.164 e. The van der Waals surface area contributed by atoms with Gasteiger partial charge in [0.1, 0.15) is 5.69 Å². The van der Waals surface area contributed by atoms with Crippen LogP contribution in [0.15, 0.2) is 212 Å². The predicted molar refractivity (Wildman–Crippen MR) is 257 cm³/mol. The molecule has 6 heteroatoms. The van der Waals surface area contributed by atoms with Crippen LogP contribution in [-0.4, -0.2) is 24.6 Å². The van der Waals surface area contributed by atoms with E-state index in [2.05, 4.69) is 180 Å². The van der Waals surface area contributed by atoms with Crippen molar-refractivity contribution in [3.05, 3.63) is 212 Å². The van der Waals surface area contributed by atoms with Gasteiger partial charge in [-0.1, -0.05) is 194 Å². The predicted octanol–water partition coefficient (Wildman–Crippen LogP) is 14.7. The Morgan fingerprint density at radius 3 is 1.65 bits per heavy atom. The van der Waals surface area contributed by atoms with Gasteiger partial charge in [-0.25, -0.2) is 19.5 Å². The van der Waals surface area contributed by atoms with Gasteiger partial charge in [-0.2, -0.15) is 5.10 Å². The first-order valence-electron chi connectivity index (χ1n) is 20.7. The van der Waals surface area contributed by atoms with Crippen molar-refractivity contribution >= 4 is 47.8 Å². The van der Waals surface area contributed by atoms with E-state index >= 15 is 0 Å². The maximum Gasteiger partial charge on any atom is 0.164 e.